The Kier molecular flexibility index (Phi) is 6.84. The van der Waals surface area contributed by atoms with Crippen molar-refractivity contribution in [3.63, 3.8) is 0 Å². The molecule has 0 aliphatic carbocycles. The van der Waals surface area contributed by atoms with E-state index in [-0.39, 0.29) is 24.3 Å². The van der Waals surface area contributed by atoms with Gasteiger partial charge in [-0.15, -0.1) is 0 Å². The molecular formula is C27H32N2O4. The molecule has 0 radical (unpaired) electrons. The van der Waals surface area contributed by atoms with Crippen molar-refractivity contribution in [1.82, 2.24) is 4.90 Å². The van der Waals surface area contributed by atoms with Gasteiger partial charge < -0.3 is 14.7 Å². The van der Waals surface area contributed by atoms with Crippen LogP contribution >= 0.6 is 0 Å². The highest BCUT2D eigenvalue weighted by molar-refractivity contribution is 6.45. The zero-order chi connectivity index (χ0) is 23.5. The number of benzene rings is 2. The lowest BCUT2D eigenvalue weighted by atomic mass is 9.97. The summed E-state index contributed by atoms with van der Waals surface area (Å²) in [7, 11) is 0. The molecule has 1 saturated heterocycles. The van der Waals surface area contributed by atoms with Crippen molar-refractivity contribution in [3.05, 3.63) is 64.9 Å². The Bertz CT molecular complexity index is 1050. The second-order valence-electron chi connectivity index (χ2n) is 9.02. The van der Waals surface area contributed by atoms with Crippen LogP contribution in [0.25, 0.3) is 5.57 Å². The average Bonchev–Trinajstić information content (AvgIpc) is 3.07. The first-order valence-corrected chi connectivity index (χ1v) is 11.7. The highest BCUT2D eigenvalue weighted by Gasteiger charge is 2.43. The molecule has 2 aliphatic heterocycles. The first-order valence-electron chi connectivity index (χ1n) is 11.7. The second kappa shape index (κ2) is 9.79. The molecule has 2 aromatic rings. The molecule has 1 unspecified atom stereocenters. The fourth-order valence-electron chi connectivity index (χ4n) is 4.74. The molecule has 2 heterocycles. The standard InChI is InChI=1S/C27H32N2O4/c1-4-12-33-23-9-7-21(8-10-23)24-25(28-11-5-6-20(16-28)17-30)27(32)29(26(24)31)22-14-18(2)13-19(3)15-22/h7-10,13-15,20,30H,4-6,11-12,16-17H2,1-3H3. The van der Waals surface area contributed by atoms with Gasteiger partial charge in [0, 0.05) is 19.7 Å². The Morgan fingerprint density at radius 2 is 1.73 bits per heavy atom. The van der Waals surface area contributed by atoms with E-state index in [0.29, 0.717) is 42.2 Å². The van der Waals surface area contributed by atoms with Crippen molar-refractivity contribution in [1.29, 1.82) is 0 Å². The van der Waals surface area contributed by atoms with Crippen LogP contribution in [0.4, 0.5) is 5.69 Å². The molecule has 0 spiro atoms. The van der Waals surface area contributed by atoms with Crippen molar-refractivity contribution >= 4 is 23.1 Å². The molecule has 2 amide bonds. The third-order valence-corrected chi connectivity index (χ3v) is 6.23. The zero-order valence-corrected chi connectivity index (χ0v) is 19.6. The largest absolute Gasteiger partial charge is 0.494 e. The van der Waals surface area contributed by atoms with Gasteiger partial charge in [-0.1, -0.05) is 25.1 Å². The van der Waals surface area contributed by atoms with Crippen molar-refractivity contribution in [2.75, 3.05) is 31.2 Å². The predicted molar refractivity (Wildman–Crippen MR) is 129 cm³/mol. The fraction of sp³-hybridized carbons (Fsp3) is 0.407. The Labute approximate surface area is 195 Å². The average molecular weight is 449 g/mol. The van der Waals surface area contributed by atoms with E-state index in [0.717, 1.165) is 36.1 Å². The summed E-state index contributed by atoms with van der Waals surface area (Å²) in [5.74, 6) is 0.220. The number of nitrogens with zero attached hydrogens (tertiary/aromatic N) is 2. The summed E-state index contributed by atoms with van der Waals surface area (Å²) >= 11 is 0. The highest BCUT2D eigenvalue weighted by atomic mass is 16.5. The lowest BCUT2D eigenvalue weighted by molar-refractivity contribution is -0.120. The maximum Gasteiger partial charge on any atom is 0.282 e. The van der Waals surface area contributed by atoms with Crippen LogP contribution in [0, 0.1) is 19.8 Å². The smallest absolute Gasteiger partial charge is 0.282 e. The van der Waals surface area contributed by atoms with E-state index in [4.69, 9.17) is 4.74 Å². The van der Waals surface area contributed by atoms with Crippen LogP contribution in [0.15, 0.2) is 48.2 Å². The van der Waals surface area contributed by atoms with E-state index in [9.17, 15) is 14.7 Å². The zero-order valence-electron chi connectivity index (χ0n) is 19.6. The molecule has 6 nitrogen and oxygen atoms in total. The predicted octanol–water partition coefficient (Wildman–Crippen LogP) is 4.08. The molecule has 1 fully saturated rings. The number of carbonyl (C=O) groups is 2. The van der Waals surface area contributed by atoms with Gasteiger partial charge in [0.25, 0.3) is 11.8 Å². The monoisotopic (exact) mass is 448 g/mol. The van der Waals surface area contributed by atoms with Crippen molar-refractivity contribution < 1.29 is 19.4 Å². The molecule has 2 aliphatic rings. The number of ether oxygens (including phenoxy) is 1. The van der Waals surface area contributed by atoms with Crippen molar-refractivity contribution in [3.8, 4) is 5.75 Å². The van der Waals surface area contributed by atoms with Gasteiger partial charge in [-0.2, -0.15) is 0 Å². The van der Waals surface area contributed by atoms with Crippen LogP contribution in [-0.2, 0) is 9.59 Å². The molecule has 4 rings (SSSR count). The molecule has 174 valence electrons. The molecule has 33 heavy (non-hydrogen) atoms. The summed E-state index contributed by atoms with van der Waals surface area (Å²) in [4.78, 5) is 30.8. The van der Waals surface area contributed by atoms with Gasteiger partial charge in [-0.25, -0.2) is 4.90 Å². The molecule has 2 aromatic carbocycles. The van der Waals surface area contributed by atoms with Gasteiger partial charge >= 0.3 is 0 Å². The lowest BCUT2D eigenvalue weighted by Gasteiger charge is -2.34. The number of aliphatic hydroxyl groups is 1. The number of likely N-dealkylation sites (tertiary alicyclic amines) is 1. The van der Waals surface area contributed by atoms with Gasteiger partial charge in [-0.3, -0.25) is 9.59 Å². The minimum atomic E-state index is -0.312. The molecular weight excluding hydrogens is 416 g/mol. The number of imide groups is 1. The number of amides is 2. The maximum absolute atomic E-state index is 13.7. The minimum Gasteiger partial charge on any atom is -0.494 e. The Morgan fingerprint density at radius 3 is 2.36 bits per heavy atom. The number of carbonyl (C=O) groups excluding carboxylic acids is 2. The molecule has 0 aromatic heterocycles. The van der Waals surface area contributed by atoms with Crippen molar-refractivity contribution in [2.24, 2.45) is 5.92 Å². The fourth-order valence-corrected chi connectivity index (χ4v) is 4.74. The number of piperidine rings is 1. The van der Waals surface area contributed by atoms with E-state index < -0.39 is 0 Å². The van der Waals surface area contributed by atoms with Gasteiger partial charge in [0.2, 0.25) is 0 Å². The van der Waals surface area contributed by atoms with Crippen LogP contribution in [0.1, 0.15) is 42.9 Å². The SMILES string of the molecule is CCCOc1ccc(C2=C(N3CCCC(CO)C3)C(=O)N(c3cc(C)cc(C)c3)C2=O)cc1. The van der Waals surface area contributed by atoms with Gasteiger partial charge in [0.05, 0.1) is 17.9 Å². The molecule has 6 heteroatoms. The first kappa shape index (κ1) is 23.1. The molecule has 1 N–H and O–H groups in total. The van der Waals surface area contributed by atoms with Gasteiger partial charge in [0.15, 0.2) is 0 Å². The lowest BCUT2D eigenvalue weighted by Crippen LogP contribution is -2.40. The van der Waals surface area contributed by atoms with Crippen molar-refractivity contribution in [2.45, 2.75) is 40.0 Å². The van der Waals surface area contributed by atoms with Gasteiger partial charge in [0.1, 0.15) is 11.4 Å². The third kappa shape index (κ3) is 4.67. The first-order chi connectivity index (χ1) is 15.9. The van der Waals surface area contributed by atoms with Crippen LogP contribution < -0.4 is 9.64 Å². The molecule has 0 saturated carbocycles. The quantitative estimate of drug-likeness (QED) is 0.647. The summed E-state index contributed by atoms with van der Waals surface area (Å²) in [6.07, 6.45) is 2.70. The van der Waals surface area contributed by atoms with Gasteiger partial charge in [-0.05, 0) is 80.0 Å². The summed E-state index contributed by atoms with van der Waals surface area (Å²) in [6, 6.07) is 13.2. The number of anilines is 1. The molecule has 0 bridgehead atoms. The number of rotatable bonds is 7. The van der Waals surface area contributed by atoms with E-state index in [1.54, 1.807) is 0 Å². The highest BCUT2D eigenvalue weighted by Crippen LogP contribution is 2.37. The molecule has 1 atom stereocenters. The normalized spacial score (nSPS) is 19.0. The Balaban J connectivity index is 1.77. The van der Waals surface area contributed by atoms with Crippen LogP contribution in [0.2, 0.25) is 0 Å². The summed E-state index contributed by atoms with van der Waals surface area (Å²) in [5, 5.41) is 9.73. The number of aliphatic hydroxyl groups excluding tert-OH is 1. The van der Waals surface area contributed by atoms with Crippen LogP contribution in [0.3, 0.4) is 0 Å². The number of hydrogen-bond donors (Lipinski definition) is 1. The second-order valence-corrected chi connectivity index (χ2v) is 9.02. The number of aryl methyl sites for hydroxylation is 2. The van der Waals surface area contributed by atoms with Crippen LogP contribution in [0.5, 0.6) is 5.75 Å². The van der Waals surface area contributed by atoms with E-state index >= 15 is 0 Å². The van der Waals surface area contributed by atoms with Crippen LogP contribution in [-0.4, -0.2) is 48.1 Å². The summed E-state index contributed by atoms with van der Waals surface area (Å²) in [6.45, 7) is 7.92. The van der Waals surface area contributed by atoms with E-state index in [2.05, 4.69) is 0 Å². The van der Waals surface area contributed by atoms with E-state index in [1.165, 1.54) is 4.90 Å². The summed E-state index contributed by atoms with van der Waals surface area (Å²) < 4.78 is 5.69. The summed E-state index contributed by atoms with van der Waals surface area (Å²) in [5.41, 5.74) is 4.13. The van der Waals surface area contributed by atoms with E-state index in [1.807, 2.05) is 68.1 Å². The minimum absolute atomic E-state index is 0.0749. The maximum atomic E-state index is 13.7. The third-order valence-electron chi connectivity index (χ3n) is 6.23. The topological polar surface area (TPSA) is 70.1 Å². The Morgan fingerprint density at radius 1 is 1.03 bits per heavy atom. The number of hydrogen-bond acceptors (Lipinski definition) is 5. The Hall–Kier alpha value is -3.12.